The summed E-state index contributed by atoms with van der Waals surface area (Å²) in [5, 5.41) is 8.44. The van der Waals surface area contributed by atoms with Crippen molar-refractivity contribution in [2.24, 2.45) is 10.2 Å². The molecule has 30 heavy (non-hydrogen) atoms. The third-order valence-corrected chi connectivity index (χ3v) is 3.87. The lowest BCUT2D eigenvalue weighted by Crippen LogP contribution is -2.04. The summed E-state index contributed by atoms with van der Waals surface area (Å²) in [4.78, 5) is 23.8. The predicted molar refractivity (Wildman–Crippen MR) is 112 cm³/mol. The van der Waals surface area contributed by atoms with Gasteiger partial charge in [-0.25, -0.2) is 0 Å². The van der Waals surface area contributed by atoms with Gasteiger partial charge in [0.25, 0.3) is 0 Å². The molecule has 0 aliphatic heterocycles. The van der Waals surface area contributed by atoms with E-state index in [1.165, 1.54) is 0 Å². The lowest BCUT2D eigenvalue weighted by Gasteiger charge is -2.03. The largest absolute Gasteiger partial charge is 0.368 e. The SMILES string of the molecule is Nc1nc(N)nc(-c2ccc(/N=N/c3ccc(-c4nc(N)nc(N)n4)cc3)cc2)n1. The highest BCUT2D eigenvalue weighted by atomic mass is 15.1. The van der Waals surface area contributed by atoms with Crippen LogP contribution in [0.4, 0.5) is 35.2 Å². The molecule has 0 spiro atoms. The molecule has 0 atom stereocenters. The smallest absolute Gasteiger partial charge is 0.225 e. The number of benzene rings is 2. The summed E-state index contributed by atoms with van der Waals surface area (Å²) in [6.45, 7) is 0. The van der Waals surface area contributed by atoms with Crippen LogP contribution in [0.2, 0.25) is 0 Å². The highest BCUT2D eigenvalue weighted by molar-refractivity contribution is 5.61. The Labute approximate surface area is 170 Å². The van der Waals surface area contributed by atoms with E-state index in [-0.39, 0.29) is 23.8 Å². The first kappa shape index (κ1) is 18.6. The summed E-state index contributed by atoms with van der Waals surface area (Å²) in [6.07, 6.45) is 0. The van der Waals surface area contributed by atoms with Gasteiger partial charge in [-0.3, -0.25) is 0 Å². The summed E-state index contributed by atoms with van der Waals surface area (Å²) in [5.74, 6) is 1.02. The minimum absolute atomic E-state index is 0.0623. The normalized spacial score (nSPS) is 11.1. The third kappa shape index (κ3) is 4.22. The van der Waals surface area contributed by atoms with Crippen molar-refractivity contribution >= 4 is 35.2 Å². The number of anilines is 4. The molecular weight excluding hydrogens is 384 g/mol. The number of aromatic nitrogens is 6. The van der Waals surface area contributed by atoms with Gasteiger partial charge in [-0.05, 0) is 48.5 Å². The Morgan fingerprint density at radius 1 is 0.433 bits per heavy atom. The molecule has 0 aliphatic carbocycles. The lowest BCUT2D eigenvalue weighted by molar-refractivity contribution is 1.08. The molecule has 0 amide bonds. The van der Waals surface area contributed by atoms with E-state index in [0.29, 0.717) is 23.0 Å². The topological polar surface area (TPSA) is 206 Å². The van der Waals surface area contributed by atoms with Crippen molar-refractivity contribution < 1.29 is 0 Å². The van der Waals surface area contributed by atoms with Gasteiger partial charge in [0.1, 0.15) is 0 Å². The van der Waals surface area contributed by atoms with E-state index >= 15 is 0 Å². The highest BCUT2D eigenvalue weighted by Gasteiger charge is 2.06. The molecule has 0 fully saturated rings. The number of azo groups is 1. The number of nitrogens with zero attached hydrogens (tertiary/aromatic N) is 8. The van der Waals surface area contributed by atoms with Gasteiger partial charge in [-0.2, -0.15) is 40.1 Å². The first-order valence-corrected chi connectivity index (χ1v) is 8.63. The molecule has 0 saturated carbocycles. The van der Waals surface area contributed by atoms with Gasteiger partial charge in [0.2, 0.25) is 23.8 Å². The zero-order valence-corrected chi connectivity index (χ0v) is 15.5. The van der Waals surface area contributed by atoms with E-state index in [1.807, 2.05) is 0 Å². The monoisotopic (exact) mass is 400 g/mol. The molecule has 0 aliphatic rings. The van der Waals surface area contributed by atoms with Crippen molar-refractivity contribution in [2.75, 3.05) is 22.9 Å². The van der Waals surface area contributed by atoms with Crippen LogP contribution in [-0.2, 0) is 0 Å². The molecule has 4 rings (SSSR count). The van der Waals surface area contributed by atoms with Crippen LogP contribution in [-0.4, -0.2) is 29.9 Å². The van der Waals surface area contributed by atoms with Gasteiger partial charge < -0.3 is 22.9 Å². The van der Waals surface area contributed by atoms with E-state index in [9.17, 15) is 0 Å². The van der Waals surface area contributed by atoms with Gasteiger partial charge >= 0.3 is 0 Å². The Bertz CT molecular complexity index is 1080. The maximum absolute atomic E-state index is 5.60. The first-order valence-electron chi connectivity index (χ1n) is 8.63. The lowest BCUT2D eigenvalue weighted by atomic mass is 10.2. The van der Waals surface area contributed by atoms with Gasteiger partial charge in [0.05, 0.1) is 11.4 Å². The van der Waals surface area contributed by atoms with Crippen molar-refractivity contribution in [3.63, 3.8) is 0 Å². The molecule has 12 nitrogen and oxygen atoms in total. The van der Waals surface area contributed by atoms with Crippen LogP contribution >= 0.6 is 0 Å². The number of rotatable bonds is 4. The van der Waals surface area contributed by atoms with Crippen LogP contribution in [0.3, 0.4) is 0 Å². The third-order valence-electron chi connectivity index (χ3n) is 3.87. The number of nitrogen functional groups attached to an aromatic ring is 4. The summed E-state index contributed by atoms with van der Waals surface area (Å²) >= 11 is 0. The molecular formula is C18H16N12. The molecule has 2 heterocycles. The average Bonchev–Trinajstić information content (AvgIpc) is 2.71. The highest BCUT2D eigenvalue weighted by Crippen LogP contribution is 2.24. The Kier molecular flexibility index (Phi) is 4.78. The quantitative estimate of drug-likeness (QED) is 0.367. The molecule has 2 aromatic carbocycles. The molecule has 0 bridgehead atoms. The fourth-order valence-corrected chi connectivity index (χ4v) is 2.55. The Balaban J connectivity index is 1.49. The van der Waals surface area contributed by atoms with Crippen molar-refractivity contribution in [2.45, 2.75) is 0 Å². The minimum atomic E-state index is 0.0623. The molecule has 2 aromatic heterocycles. The van der Waals surface area contributed by atoms with Crippen LogP contribution in [0.15, 0.2) is 58.8 Å². The summed E-state index contributed by atoms with van der Waals surface area (Å²) in [5.41, 5.74) is 25.2. The van der Waals surface area contributed by atoms with Crippen LogP contribution in [0.25, 0.3) is 22.8 Å². The van der Waals surface area contributed by atoms with Crippen molar-refractivity contribution in [1.82, 2.24) is 29.9 Å². The van der Waals surface area contributed by atoms with E-state index in [0.717, 1.165) is 11.1 Å². The van der Waals surface area contributed by atoms with Crippen molar-refractivity contribution in [3.8, 4) is 22.8 Å². The number of nitrogens with two attached hydrogens (primary N) is 4. The van der Waals surface area contributed by atoms with Crippen LogP contribution < -0.4 is 22.9 Å². The standard InChI is InChI=1S/C18H16N12/c19-15-23-13(24-16(20)27-15)9-1-5-11(6-2-9)29-30-12-7-3-10(4-8-12)14-25-17(21)28-18(22)26-14/h1-8H,(H4,19,20,23,24,27)(H4,21,22,25,26,28)/b30-29+. The van der Waals surface area contributed by atoms with Crippen LogP contribution in [0, 0.1) is 0 Å². The molecule has 12 heteroatoms. The maximum Gasteiger partial charge on any atom is 0.225 e. The van der Waals surface area contributed by atoms with Gasteiger partial charge in [0, 0.05) is 11.1 Å². The predicted octanol–water partition coefficient (Wildman–Crippen LogP) is 2.13. The second-order valence-electron chi connectivity index (χ2n) is 6.04. The van der Waals surface area contributed by atoms with Crippen LogP contribution in [0.5, 0.6) is 0 Å². The average molecular weight is 400 g/mol. The first-order chi connectivity index (χ1) is 14.5. The van der Waals surface area contributed by atoms with E-state index in [2.05, 4.69) is 40.1 Å². The maximum atomic E-state index is 5.60. The number of hydrogen-bond acceptors (Lipinski definition) is 12. The van der Waals surface area contributed by atoms with Crippen molar-refractivity contribution in [3.05, 3.63) is 48.5 Å². The van der Waals surface area contributed by atoms with E-state index in [1.54, 1.807) is 48.5 Å². The number of hydrogen-bond donors (Lipinski definition) is 4. The van der Waals surface area contributed by atoms with Gasteiger partial charge in [-0.15, -0.1) is 0 Å². The summed E-state index contributed by atoms with van der Waals surface area (Å²) in [7, 11) is 0. The Morgan fingerprint density at radius 3 is 1.03 bits per heavy atom. The molecule has 0 unspecified atom stereocenters. The fraction of sp³-hybridized carbons (Fsp3) is 0. The molecule has 4 aromatic rings. The summed E-state index contributed by atoms with van der Waals surface area (Å²) in [6, 6.07) is 14.3. The summed E-state index contributed by atoms with van der Waals surface area (Å²) < 4.78 is 0. The molecule has 0 saturated heterocycles. The second-order valence-corrected chi connectivity index (χ2v) is 6.04. The van der Waals surface area contributed by atoms with Gasteiger partial charge in [0.15, 0.2) is 11.6 Å². The molecule has 0 radical (unpaired) electrons. The van der Waals surface area contributed by atoms with E-state index < -0.39 is 0 Å². The minimum Gasteiger partial charge on any atom is -0.368 e. The zero-order chi connectivity index (χ0) is 21.1. The van der Waals surface area contributed by atoms with Crippen molar-refractivity contribution in [1.29, 1.82) is 0 Å². The fourth-order valence-electron chi connectivity index (χ4n) is 2.55. The van der Waals surface area contributed by atoms with Gasteiger partial charge in [-0.1, -0.05) is 0 Å². The molecule has 8 N–H and O–H groups in total. The Hall–Kier alpha value is -4.74. The molecule has 148 valence electrons. The second kappa shape index (κ2) is 7.71. The Morgan fingerprint density at radius 2 is 0.733 bits per heavy atom. The van der Waals surface area contributed by atoms with E-state index in [4.69, 9.17) is 22.9 Å². The van der Waals surface area contributed by atoms with Crippen LogP contribution in [0.1, 0.15) is 0 Å². The zero-order valence-electron chi connectivity index (χ0n) is 15.5.